The van der Waals surface area contributed by atoms with Crippen LogP contribution in [0.3, 0.4) is 0 Å². The molecule has 1 aromatic heterocycles. The molecule has 1 aliphatic heterocycles. The molecule has 162 valence electrons. The third kappa shape index (κ3) is 6.10. The van der Waals surface area contributed by atoms with Crippen LogP contribution >= 0.6 is 11.6 Å². The van der Waals surface area contributed by atoms with Crippen molar-refractivity contribution in [2.75, 3.05) is 23.4 Å². The Labute approximate surface area is 180 Å². The number of nitrogens with zero attached hydrogens (tertiary/aromatic N) is 3. The topological polar surface area (TPSA) is 93.4 Å². The summed E-state index contributed by atoms with van der Waals surface area (Å²) in [4.78, 5) is 23.3. The van der Waals surface area contributed by atoms with E-state index in [0.29, 0.717) is 31.1 Å². The van der Waals surface area contributed by atoms with Gasteiger partial charge in [0.05, 0.1) is 18.7 Å². The van der Waals surface area contributed by atoms with Crippen LogP contribution in [-0.4, -0.2) is 41.2 Å². The Morgan fingerprint density at radius 2 is 2.20 bits per heavy atom. The Morgan fingerprint density at radius 1 is 1.40 bits per heavy atom. The maximum atomic E-state index is 13.5. The number of hydrogen-bond acceptors (Lipinski definition) is 6. The average molecular weight is 436 g/mol. The van der Waals surface area contributed by atoms with Gasteiger partial charge in [-0.1, -0.05) is 31.5 Å². The molecule has 2 aromatic rings. The molecule has 0 bridgehead atoms. The molecule has 1 amide bonds. The highest BCUT2D eigenvalue weighted by Crippen LogP contribution is 2.24. The zero-order valence-electron chi connectivity index (χ0n) is 17.1. The van der Waals surface area contributed by atoms with Crippen molar-refractivity contribution in [2.45, 2.75) is 45.3 Å². The molecule has 0 spiro atoms. The molecule has 1 aliphatic rings. The summed E-state index contributed by atoms with van der Waals surface area (Å²) in [5, 5.41) is 3.15. The van der Waals surface area contributed by atoms with Gasteiger partial charge in [-0.3, -0.25) is 9.69 Å². The summed E-state index contributed by atoms with van der Waals surface area (Å²) >= 11 is 6.21. The minimum absolute atomic E-state index is 0.109. The number of halogens is 2. The number of hydrogen-bond donors (Lipinski definition) is 2. The highest BCUT2D eigenvalue weighted by atomic mass is 35.5. The highest BCUT2D eigenvalue weighted by molar-refractivity contribution is 6.29. The number of ether oxygens (including phenoxy) is 1. The van der Waals surface area contributed by atoms with Crippen LogP contribution in [0.5, 0.6) is 0 Å². The lowest BCUT2D eigenvalue weighted by atomic mass is 10.0. The monoisotopic (exact) mass is 435 g/mol. The summed E-state index contributed by atoms with van der Waals surface area (Å²) in [5.74, 6) is 0.0895. The lowest BCUT2D eigenvalue weighted by molar-refractivity contribution is -0.120. The molecule has 1 aromatic carbocycles. The van der Waals surface area contributed by atoms with Crippen LogP contribution in [0.2, 0.25) is 5.15 Å². The molecule has 3 rings (SSSR count). The van der Waals surface area contributed by atoms with E-state index in [1.807, 2.05) is 13.8 Å². The smallest absolute Gasteiger partial charge is 0.246 e. The molecule has 0 radical (unpaired) electrons. The lowest BCUT2D eigenvalue weighted by Crippen LogP contribution is -2.48. The summed E-state index contributed by atoms with van der Waals surface area (Å²) in [7, 11) is 0. The summed E-state index contributed by atoms with van der Waals surface area (Å²) in [6, 6.07) is 6.80. The molecule has 1 fully saturated rings. The van der Waals surface area contributed by atoms with Crippen molar-refractivity contribution in [1.29, 1.82) is 0 Å². The van der Waals surface area contributed by atoms with E-state index in [1.54, 1.807) is 12.1 Å². The number of nitrogens with one attached hydrogen (secondary N) is 1. The van der Waals surface area contributed by atoms with Crippen molar-refractivity contribution < 1.29 is 13.9 Å². The number of nitrogens with two attached hydrogens (primary N) is 1. The fraction of sp³-hybridized carbons (Fsp3) is 0.476. The van der Waals surface area contributed by atoms with Gasteiger partial charge in [0.2, 0.25) is 11.9 Å². The number of rotatable bonds is 8. The molecule has 3 N–H and O–H groups in total. The van der Waals surface area contributed by atoms with Crippen molar-refractivity contribution >= 4 is 35.0 Å². The van der Waals surface area contributed by atoms with Gasteiger partial charge in [-0.15, -0.1) is 0 Å². The van der Waals surface area contributed by atoms with Gasteiger partial charge in [0.15, 0.2) is 0 Å². The standard InChI is InChI=1S/C21H27ClFN5O2/c1-13(2)9-17(24)20(29)28(12-16-7-4-8-30-16)21-26-18(22)11-19(27-21)25-15-6-3-5-14(23)10-15/h3,5-6,10-11,13,16-17H,4,7-9,12,24H2,1-2H3,(H,25,26,27)/t16?,17-/m0/s1. The van der Waals surface area contributed by atoms with Crippen molar-refractivity contribution in [3.8, 4) is 0 Å². The number of aromatic nitrogens is 2. The maximum Gasteiger partial charge on any atom is 0.246 e. The highest BCUT2D eigenvalue weighted by Gasteiger charge is 2.29. The van der Waals surface area contributed by atoms with Crippen LogP contribution < -0.4 is 16.0 Å². The Bertz CT molecular complexity index is 876. The normalized spacial score (nSPS) is 17.2. The summed E-state index contributed by atoms with van der Waals surface area (Å²) in [5.41, 5.74) is 6.67. The minimum Gasteiger partial charge on any atom is -0.376 e. The van der Waals surface area contributed by atoms with Crippen LogP contribution in [0.15, 0.2) is 30.3 Å². The first-order valence-electron chi connectivity index (χ1n) is 10.1. The average Bonchev–Trinajstić information content (AvgIpc) is 3.18. The first-order valence-corrected chi connectivity index (χ1v) is 10.5. The number of carbonyl (C=O) groups excluding carboxylic acids is 1. The predicted octanol–water partition coefficient (Wildman–Crippen LogP) is 3.90. The number of carbonyl (C=O) groups is 1. The predicted molar refractivity (Wildman–Crippen MR) is 115 cm³/mol. The summed E-state index contributed by atoms with van der Waals surface area (Å²) in [6.07, 6.45) is 2.21. The Balaban J connectivity index is 1.89. The van der Waals surface area contributed by atoms with E-state index >= 15 is 0 Å². The molecule has 30 heavy (non-hydrogen) atoms. The van der Waals surface area contributed by atoms with Gasteiger partial charge in [0, 0.05) is 18.4 Å². The number of benzene rings is 1. The van der Waals surface area contributed by atoms with Gasteiger partial charge in [-0.25, -0.2) is 9.37 Å². The molecule has 2 atom stereocenters. The third-order valence-corrected chi connectivity index (χ3v) is 4.93. The van der Waals surface area contributed by atoms with Gasteiger partial charge in [-0.2, -0.15) is 4.98 Å². The first-order chi connectivity index (χ1) is 14.3. The second-order valence-corrected chi connectivity index (χ2v) is 8.22. The van der Waals surface area contributed by atoms with Crippen LogP contribution in [0.4, 0.5) is 21.8 Å². The SMILES string of the molecule is CC(C)C[C@H](N)C(=O)N(CC1CCCO1)c1nc(Cl)cc(Nc2cccc(F)c2)n1. The van der Waals surface area contributed by atoms with Crippen LogP contribution in [0.1, 0.15) is 33.1 Å². The van der Waals surface area contributed by atoms with Gasteiger partial charge in [0.1, 0.15) is 16.8 Å². The number of anilines is 3. The van der Waals surface area contributed by atoms with Crippen molar-refractivity contribution in [3.05, 3.63) is 41.3 Å². The van der Waals surface area contributed by atoms with Gasteiger partial charge >= 0.3 is 0 Å². The molecule has 7 nitrogen and oxygen atoms in total. The largest absolute Gasteiger partial charge is 0.376 e. The molecule has 1 unspecified atom stereocenters. The molecular formula is C21H27ClFN5O2. The van der Waals surface area contributed by atoms with Crippen LogP contribution in [-0.2, 0) is 9.53 Å². The van der Waals surface area contributed by atoms with E-state index < -0.39 is 6.04 Å². The molecule has 9 heteroatoms. The second-order valence-electron chi connectivity index (χ2n) is 7.83. The van der Waals surface area contributed by atoms with E-state index in [4.69, 9.17) is 22.1 Å². The molecule has 0 aliphatic carbocycles. The Hall–Kier alpha value is -2.29. The van der Waals surface area contributed by atoms with E-state index in [9.17, 15) is 9.18 Å². The van der Waals surface area contributed by atoms with E-state index in [-0.39, 0.29) is 34.8 Å². The van der Waals surface area contributed by atoms with Crippen LogP contribution in [0.25, 0.3) is 0 Å². The lowest BCUT2D eigenvalue weighted by Gasteiger charge is -2.27. The first kappa shape index (κ1) is 22.4. The van der Waals surface area contributed by atoms with Gasteiger partial charge < -0.3 is 15.8 Å². The van der Waals surface area contributed by atoms with Crippen molar-refractivity contribution in [1.82, 2.24) is 9.97 Å². The summed E-state index contributed by atoms with van der Waals surface area (Å²) in [6.45, 7) is 4.97. The summed E-state index contributed by atoms with van der Waals surface area (Å²) < 4.78 is 19.2. The van der Waals surface area contributed by atoms with E-state index in [1.165, 1.54) is 23.1 Å². The van der Waals surface area contributed by atoms with Crippen molar-refractivity contribution in [2.24, 2.45) is 11.7 Å². The van der Waals surface area contributed by atoms with E-state index in [0.717, 1.165) is 12.8 Å². The van der Waals surface area contributed by atoms with E-state index in [2.05, 4.69) is 15.3 Å². The maximum absolute atomic E-state index is 13.5. The minimum atomic E-state index is -0.686. The van der Waals surface area contributed by atoms with Gasteiger partial charge in [0.25, 0.3) is 0 Å². The third-order valence-electron chi connectivity index (χ3n) is 4.74. The zero-order valence-corrected chi connectivity index (χ0v) is 17.9. The second kappa shape index (κ2) is 10.1. The molecule has 0 saturated carbocycles. The quantitative estimate of drug-likeness (QED) is 0.611. The Kier molecular flexibility index (Phi) is 7.58. The fourth-order valence-corrected chi connectivity index (χ4v) is 3.55. The fourth-order valence-electron chi connectivity index (χ4n) is 3.38. The van der Waals surface area contributed by atoms with Gasteiger partial charge in [-0.05, 0) is 43.4 Å². The van der Waals surface area contributed by atoms with Crippen molar-refractivity contribution in [3.63, 3.8) is 0 Å². The number of amides is 1. The Morgan fingerprint density at radius 3 is 2.87 bits per heavy atom. The van der Waals surface area contributed by atoms with Crippen LogP contribution in [0, 0.1) is 11.7 Å². The molecular weight excluding hydrogens is 409 g/mol. The molecule has 1 saturated heterocycles. The molecule has 2 heterocycles. The zero-order chi connectivity index (χ0) is 21.7.